The molecule has 0 aliphatic carbocycles. The van der Waals surface area contributed by atoms with Gasteiger partial charge in [-0.05, 0) is 33.3 Å². The lowest BCUT2D eigenvalue weighted by molar-refractivity contribution is -0.121. The first-order chi connectivity index (χ1) is 11.4. The van der Waals surface area contributed by atoms with Crippen molar-refractivity contribution in [1.29, 1.82) is 0 Å². The Bertz CT molecular complexity index is 523. The third kappa shape index (κ3) is 5.89. The minimum Gasteiger partial charge on any atom is -0.379 e. The molecule has 1 amide bonds. The van der Waals surface area contributed by atoms with Gasteiger partial charge in [-0.3, -0.25) is 14.4 Å². The van der Waals surface area contributed by atoms with Crippen molar-refractivity contribution >= 4 is 5.91 Å². The van der Waals surface area contributed by atoms with Crippen LogP contribution in [0.4, 0.5) is 0 Å². The molecular weight excluding hydrogens is 306 g/mol. The van der Waals surface area contributed by atoms with Gasteiger partial charge in [0.25, 0.3) is 0 Å². The number of amides is 1. The van der Waals surface area contributed by atoms with Crippen LogP contribution in [0.1, 0.15) is 26.3 Å². The first-order valence-corrected chi connectivity index (χ1v) is 8.69. The van der Waals surface area contributed by atoms with Crippen LogP contribution in [0.3, 0.4) is 0 Å². The number of nitrogens with zero attached hydrogens (tertiary/aromatic N) is 3. The van der Waals surface area contributed by atoms with E-state index in [4.69, 9.17) is 4.74 Å². The highest BCUT2D eigenvalue weighted by atomic mass is 16.5. The van der Waals surface area contributed by atoms with Gasteiger partial charge in [0.15, 0.2) is 0 Å². The molecule has 2 N–H and O–H groups in total. The van der Waals surface area contributed by atoms with Crippen molar-refractivity contribution in [3.05, 3.63) is 18.0 Å². The Morgan fingerprint density at radius 3 is 2.75 bits per heavy atom. The lowest BCUT2D eigenvalue weighted by Gasteiger charge is -2.40. The van der Waals surface area contributed by atoms with E-state index in [1.807, 2.05) is 24.0 Å². The van der Waals surface area contributed by atoms with Gasteiger partial charge >= 0.3 is 0 Å². The summed E-state index contributed by atoms with van der Waals surface area (Å²) in [6, 6.07) is 0.183. The fraction of sp³-hybridized carbons (Fsp3) is 0.765. The van der Waals surface area contributed by atoms with Crippen molar-refractivity contribution in [2.75, 3.05) is 39.4 Å². The highest BCUT2D eigenvalue weighted by Gasteiger charge is 2.28. The van der Waals surface area contributed by atoms with Crippen LogP contribution in [-0.4, -0.2) is 71.6 Å². The second kappa shape index (κ2) is 8.60. The Kier molecular flexibility index (Phi) is 6.77. The van der Waals surface area contributed by atoms with Crippen LogP contribution in [0, 0.1) is 6.92 Å². The molecule has 7 nitrogen and oxygen atoms in total. The molecule has 1 aliphatic rings. The second-order valence-electron chi connectivity index (χ2n) is 7.21. The largest absolute Gasteiger partial charge is 0.379 e. The fourth-order valence-electron chi connectivity index (χ4n) is 2.84. The lowest BCUT2D eigenvalue weighted by Crippen LogP contribution is -2.56. The lowest BCUT2D eigenvalue weighted by atomic mass is 10.0. The van der Waals surface area contributed by atoms with E-state index < -0.39 is 0 Å². The molecule has 1 aromatic rings. The number of morpholine rings is 1. The van der Waals surface area contributed by atoms with Crippen LogP contribution in [0.15, 0.2) is 12.4 Å². The molecule has 1 atom stereocenters. The van der Waals surface area contributed by atoms with Crippen molar-refractivity contribution in [2.24, 2.45) is 0 Å². The smallest absolute Gasteiger partial charge is 0.234 e. The monoisotopic (exact) mass is 337 g/mol. The number of hydrogen-bond donors (Lipinski definition) is 2. The molecule has 1 fully saturated rings. The third-order valence-electron chi connectivity index (χ3n) is 4.42. The molecule has 1 unspecified atom stereocenters. The van der Waals surface area contributed by atoms with Crippen molar-refractivity contribution in [2.45, 2.75) is 45.8 Å². The van der Waals surface area contributed by atoms with Gasteiger partial charge in [-0.2, -0.15) is 5.10 Å². The average molecular weight is 337 g/mol. The van der Waals surface area contributed by atoms with E-state index in [1.54, 1.807) is 0 Å². The van der Waals surface area contributed by atoms with Gasteiger partial charge < -0.3 is 15.4 Å². The van der Waals surface area contributed by atoms with Crippen molar-refractivity contribution < 1.29 is 9.53 Å². The van der Waals surface area contributed by atoms with Crippen LogP contribution in [-0.2, 0) is 16.1 Å². The normalized spacial score (nSPS) is 17.7. The summed E-state index contributed by atoms with van der Waals surface area (Å²) in [5, 5.41) is 10.6. The molecule has 7 heteroatoms. The molecule has 1 saturated heterocycles. The van der Waals surface area contributed by atoms with Gasteiger partial charge in [0.2, 0.25) is 5.91 Å². The van der Waals surface area contributed by atoms with Gasteiger partial charge in [0.1, 0.15) is 0 Å². The quantitative estimate of drug-likeness (QED) is 0.718. The fourth-order valence-corrected chi connectivity index (χ4v) is 2.84. The molecule has 0 radical (unpaired) electrons. The van der Waals surface area contributed by atoms with Gasteiger partial charge in [-0.15, -0.1) is 0 Å². The molecule has 2 heterocycles. The van der Waals surface area contributed by atoms with E-state index >= 15 is 0 Å². The summed E-state index contributed by atoms with van der Waals surface area (Å²) in [7, 11) is 0. The van der Waals surface area contributed by atoms with Crippen LogP contribution in [0.2, 0.25) is 0 Å². The predicted octanol–water partition coefficient (Wildman–Crippen LogP) is 0.397. The molecule has 1 aliphatic heterocycles. The van der Waals surface area contributed by atoms with E-state index in [1.165, 1.54) is 0 Å². The van der Waals surface area contributed by atoms with Gasteiger partial charge in [0.05, 0.1) is 32.5 Å². The molecule has 24 heavy (non-hydrogen) atoms. The van der Waals surface area contributed by atoms with Crippen LogP contribution >= 0.6 is 0 Å². The number of nitrogens with one attached hydrogen (secondary N) is 2. The summed E-state index contributed by atoms with van der Waals surface area (Å²) in [6.45, 7) is 13.5. The number of aryl methyl sites for hydroxylation is 1. The summed E-state index contributed by atoms with van der Waals surface area (Å²) in [5.41, 5.74) is 1.09. The number of carbonyl (C=O) groups is 1. The Hall–Kier alpha value is -1.44. The zero-order valence-electron chi connectivity index (χ0n) is 15.3. The van der Waals surface area contributed by atoms with Crippen molar-refractivity contribution in [3.63, 3.8) is 0 Å². The van der Waals surface area contributed by atoms with Crippen LogP contribution < -0.4 is 10.6 Å². The standard InChI is InChI=1S/C17H31N5O2/c1-14-9-20-22(11-14)12-15(2)18-10-16(23)19-13-17(3,4)21-5-7-24-8-6-21/h9,11,15,18H,5-8,10,12-13H2,1-4H3,(H,19,23). The maximum Gasteiger partial charge on any atom is 0.234 e. The number of carbonyl (C=O) groups excluding carboxylic acids is 1. The Morgan fingerprint density at radius 2 is 2.12 bits per heavy atom. The van der Waals surface area contributed by atoms with E-state index in [2.05, 4.69) is 41.4 Å². The first-order valence-electron chi connectivity index (χ1n) is 8.69. The zero-order chi connectivity index (χ0) is 17.6. The topological polar surface area (TPSA) is 71.4 Å². The third-order valence-corrected chi connectivity index (χ3v) is 4.42. The Balaban J connectivity index is 1.67. The molecule has 2 rings (SSSR count). The minimum absolute atomic E-state index is 0.0276. The van der Waals surface area contributed by atoms with E-state index in [0.717, 1.165) is 38.4 Å². The van der Waals surface area contributed by atoms with E-state index in [-0.39, 0.29) is 17.5 Å². The maximum atomic E-state index is 12.1. The predicted molar refractivity (Wildman–Crippen MR) is 93.9 cm³/mol. The molecule has 1 aromatic heterocycles. The van der Waals surface area contributed by atoms with Crippen LogP contribution in [0.5, 0.6) is 0 Å². The SMILES string of the molecule is Cc1cnn(CC(C)NCC(=O)NCC(C)(C)N2CCOCC2)c1. The number of rotatable bonds is 8. The molecule has 0 saturated carbocycles. The van der Waals surface area contributed by atoms with E-state index in [9.17, 15) is 4.79 Å². The molecular formula is C17H31N5O2. The molecule has 0 aromatic carbocycles. The van der Waals surface area contributed by atoms with E-state index in [0.29, 0.717) is 13.1 Å². The molecule has 0 bridgehead atoms. The van der Waals surface area contributed by atoms with Crippen LogP contribution in [0.25, 0.3) is 0 Å². The molecule has 0 spiro atoms. The second-order valence-corrected chi connectivity index (χ2v) is 7.21. The summed E-state index contributed by atoms with van der Waals surface area (Å²) in [5.74, 6) is 0.0276. The molecule has 136 valence electrons. The summed E-state index contributed by atoms with van der Waals surface area (Å²) in [4.78, 5) is 14.5. The zero-order valence-corrected chi connectivity index (χ0v) is 15.3. The van der Waals surface area contributed by atoms with Crippen molar-refractivity contribution in [1.82, 2.24) is 25.3 Å². The average Bonchev–Trinajstić information content (AvgIpc) is 2.97. The highest BCUT2D eigenvalue weighted by Crippen LogP contribution is 2.14. The Morgan fingerprint density at radius 1 is 1.42 bits per heavy atom. The Labute approximate surface area is 144 Å². The minimum atomic E-state index is -0.0579. The van der Waals surface area contributed by atoms with Crippen molar-refractivity contribution in [3.8, 4) is 0 Å². The maximum absolute atomic E-state index is 12.1. The summed E-state index contributed by atoms with van der Waals surface area (Å²) < 4.78 is 7.28. The number of hydrogen-bond acceptors (Lipinski definition) is 5. The summed E-state index contributed by atoms with van der Waals surface area (Å²) in [6.07, 6.45) is 3.84. The first kappa shape index (κ1) is 18.9. The van der Waals surface area contributed by atoms with Gasteiger partial charge in [0, 0.05) is 37.4 Å². The summed E-state index contributed by atoms with van der Waals surface area (Å²) >= 11 is 0. The highest BCUT2D eigenvalue weighted by molar-refractivity contribution is 5.78. The number of aromatic nitrogens is 2. The van der Waals surface area contributed by atoms with Gasteiger partial charge in [-0.25, -0.2) is 0 Å². The number of ether oxygens (including phenoxy) is 1. The van der Waals surface area contributed by atoms with Gasteiger partial charge in [-0.1, -0.05) is 0 Å².